The van der Waals surface area contributed by atoms with Crippen molar-refractivity contribution in [3.8, 4) is 0 Å². The molecule has 2 aliphatic rings. The fourth-order valence-corrected chi connectivity index (χ4v) is 3.27. The predicted molar refractivity (Wildman–Crippen MR) is 89.1 cm³/mol. The monoisotopic (exact) mass is 313 g/mol. The molecule has 0 saturated carbocycles. The lowest BCUT2D eigenvalue weighted by atomic mass is 10.1. The van der Waals surface area contributed by atoms with Gasteiger partial charge in [-0.15, -0.1) is 0 Å². The third-order valence-corrected chi connectivity index (χ3v) is 4.58. The normalized spacial score (nSPS) is 20.1. The molecule has 0 aliphatic heterocycles. The van der Waals surface area contributed by atoms with Crippen LogP contribution in [0, 0.1) is 5.92 Å². The number of carbonyl (C=O) groups excluding carboxylic acids is 2. The number of nitrogens with one attached hydrogen (secondary N) is 1. The molecule has 0 spiro atoms. The summed E-state index contributed by atoms with van der Waals surface area (Å²) >= 11 is 0. The number of hydrogen-bond donors (Lipinski definition) is 1. The van der Waals surface area contributed by atoms with Gasteiger partial charge in [0.05, 0.1) is 6.42 Å². The molecule has 1 aromatic rings. The summed E-state index contributed by atoms with van der Waals surface area (Å²) in [5.41, 5.74) is 3.45. The van der Waals surface area contributed by atoms with Gasteiger partial charge < -0.3 is 10.1 Å². The fraction of sp³-hybridized carbons (Fsp3) is 0.474. The van der Waals surface area contributed by atoms with Gasteiger partial charge in [0.1, 0.15) is 0 Å². The minimum atomic E-state index is -0.777. The van der Waals surface area contributed by atoms with Crippen LogP contribution in [-0.2, 0) is 27.2 Å². The Labute approximate surface area is 136 Å². The second-order valence-corrected chi connectivity index (χ2v) is 6.43. The van der Waals surface area contributed by atoms with Crippen LogP contribution in [0.25, 0.3) is 0 Å². The standard InChI is InChI=1S/C19H23NO3/c1-13(23-18(21)11-14-5-2-3-6-14)19(22)20-17-10-9-15-7-4-8-16(15)12-17/h2,5,9-10,12-14H,3-4,6-8,11H2,1H3,(H,20,22)/t13-,14+/m1/s1. The van der Waals surface area contributed by atoms with E-state index in [1.54, 1.807) is 6.92 Å². The van der Waals surface area contributed by atoms with E-state index in [-0.39, 0.29) is 17.8 Å². The SMILES string of the molecule is C[C@@H](OC(=O)C[C@H]1C=CCC1)C(=O)Nc1ccc2c(c1)CCC2. The average molecular weight is 313 g/mol. The van der Waals surface area contributed by atoms with Gasteiger partial charge >= 0.3 is 5.97 Å². The van der Waals surface area contributed by atoms with Crippen molar-refractivity contribution in [1.82, 2.24) is 0 Å². The van der Waals surface area contributed by atoms with Gasteiger partial charge in [-0.3, -0.25) is 9.59 Å². The van der Waals surface area contributed by atoms with E-state index in [1.807, 2.05) is 12.1 Å². The van der Waals surface area contributed by atoms with E-state index < -0.39 is 6.10 Å². The third kappa shape index (κ3) is 4.01. The fourth-order valence-electron chi connectivity index (χ4n) is 3.27. The lowest BCUT2D eigenvalue weighted by molar-refractivity contribution is -0.153. The number of ether oxygens (including phenoxy) is 1. The molecule has 4 nitrogen and oxygen atoms in total. The Hall–Kier alpha value is -2.10. The summed E-state index contributed by atoms with van der Waals surface area (Å²) in [4.78, 5) is 24.1. The summed E-state index contributed by atoms with van der Waals surface area (Å²) in [6, 6.07) is 6.01. The maximum Gasteiger partial charge on any atom is 0.307 e. The Balaban J connectivity index is 1.51. The van der Waals surface area contributed by atoms with E-state index >= 15 is 0 Å². The van der Waals surface area contributed by atoms with Crippen LogP contribution in [0.2, 0.25) is 0 Å². The van der Waals surface area contributed by atoms with Crippen molar-refractivity contribution < 1.29 is 14.3 Å². The zero-order valence-corrected chi connectivity index (χ0v) is 13.5. The first-order valence-corrected chi connectivity index (χ1v) is 8.40. The molecular formula is C19H23NO3. The van der Waals surface area contributed by atoms with Gasteiger partial charge in [-0.05, 0) is 68.2 Å². The minimum absolute atomic E-state index is 0.259. The zero-order chi connectivity index (χ0) is 16.2. The smallest absolute Gasteiger partial charge is 0.307 e. The molecule has 0 bridgehead atoms. The second-order valence-electron chi connectivity index (χ2n) is 6.43. The highest BCUT2D eigenvalue weighted by Gasteiger charge is 2.21. The minimum Gasteiger partial charge on any atom is -0.453 e. The molecule has 0 unspecified atom stereocenters. The average Bonchev–Trinajstić information content (AvgIpc) is 3.17. The molecular weight excluding hydrogens is 290 g/mol. The molecule has 122 valence electrons. The molecule has 1 aromatic carbocycles. The van der Waals surface area contributed by atoms with E-state index in [4.69, 9.17) is 4.74 Å². The number of hydrogen-bond acceptors (Lipinski definition) is 3. The highest BCUT2D eigenvalue weighted by molar-refractivity contribution is 5.95. The predicted octanol–water partition coefficient (Wildman–Crippen LogP) is 3.40. The maximum atomic E-state index is 12.2. The van der Waals surface area contributed by atoms with Crippen molar-refractivity contribution in [3.05, 3.63) is 41.5 Å². The number of allylic oxidation sites excluding steroid dienone is 2. The van der Waals surface area contributed by atoms with Crippen LogP contribution >= 0.6 is 0 Å². The van der Waals surface area contributed by atoms with Crippen LogP contribution in [0.15, 0.2) is 30.4 Å². The third-order valence-electron chi connectivity index (χ3n) is 4.58. The van der Waals surface area contributed by atoms with Crippen LogP contribution in [0.1, 0.15) is 43.7 Å². The van der Waals surface area contributed by atoms with Gasteiger partial charge in [0, 0.05) is 5.69 Å². The van der Waals surface area contributed by atoms with Crippen LogP contribution in [0.4, 0.5) is 5.69 Å². The van der Waals surface area contributed by atoms with Gasteiger partial charge in [0.2, 0.25) is 0 Å². The van der Waals surface area contributed by atoms with Gasteiger partial charge in [-0.1, -0.05) is 18.2 Å². The second kappa shape index (κ2) is 6.99. The van der Waals surface area contributed by atoms with E-state index in [0.717, 1.165) is 31.4 Å². The number of aryl methyl sites for hydroxylation is 2. The highest BCUT2D eigenvalue weighted by Crippen LogP contribution is 2.25. The quantitative estimate of drug-likeness (QED) is 0.669. The number of esters is 1. The molecule has 23 heavy (non-hydrogen) atoms. The lowest BCUT2D eigenvalue weighted by Gasteiger charge is -2.15. The van der Waals surface area contributed by atoms with E-state index in [1.165, 1.54) is 17.5 Å². The van der Waals surface area contributed by atoms with Crippen molar-refractivity contribution in [1.29, 1.82) is 0 Å². The molecule has 0 heterocycles. The van der Waals surface area contributed by atoms with E-state index in [0.29, 0.717) is 6.42 Å². The van der Waals surface area contributed by atoms with Gasteiger partial charge in [-0.2, -0.15) is 0 Å². The lowest BCUT2D eigenvalue weighted by Crippen LogP contribution is -2.30. The van der Waals surface area contributed by atoms with Crippen molar-refractivity contribution >= 4 is 17.6 Å². The molecule has 0 saturated heterocycles. The zero-order valence-electron chi connectivity index (χ0n) is 13.5. The maximum absolute atomic E-state index is 12.2. The molecule has 2 atom stereocenters. The summed E-state index contributed by atoms with van der Waals surface area (Å²) in [5, 5.41) is 2.84. The molecule has 4 heteroatoms. The first kappa shape index (κ1) is 15.8. The molecule has 3 rings (SSSR count). The van der Waals surface area contributed by atoms with Crippen LogP contribution in [0.3, 0.4) is 0 Å². The molecule has 1 N–H and O–H groups in total. The largest absolute Gasteiger partial charge is 0.453 e. The summed E-state index contributed by atoms with van der Waals surface area (Å²) in [5.74, 6) is -0.328. The van der Waals surface area contributed by atoms with Gasteiger partial charge in [0.25, 0.3) is 5.91 Å². The summed E-state index contributed by atoms with van der Waals surface area (Å²) in [6.45, 7) is 1.62. The Morgan fingerprint density at radius 2 is 2.13 bits per heavy atom. The van der Waals surface area contributed by atoms with E-state index in [2.05, 4.69) is 23.5 Å². The first-order valence-electron chi connectivity index (χ1n) is 8.40. The van der Waals surface area contributed by atoms with Gasteiger partial charge in [0.15, 0.2) is 6.10 Å². The highest BCUT2D eigenvalue weighted by atomic mass is 16.5. The summed E-state index contributed by atoms with van der Waals surface area (Å²) < 4.78 is 5.25. The number of carbonyl (C=O) groups is 2. The number of benzene rings is 1. The molecule has 0 aromatic heterocycles. The molecule has 0 radical (unpaired) electrons. The topological polar surface area (TPSA) is 55.4 Å². The molecule has 2 aliphatic carbocycles. The van der Waals surface area contributed by atoms with Crippen LogP contribution in [0.5, 0.6) is 0 Å². The number of anilines is 1. The molecule has 0 fully saturated rings. The Morgan fingerprint density at radius 1 is 1.30 bits per heavy atom. The van der Waals surface area contributed by atoms with Crippen LogP contribution in [-0.4, -0.2) is 18.0 Å². The van der Waals surface area contributed by atoms with Crippen LogP contribution < -0.4 is 5.32 Å². The number of fused-ring (bicyclic) bond motifs is 1. The summed E-state index contributed by atoms with van der Waals surface area (Å²) in [7, 11) is 0. The van der Waals surface area contributed by atoms with Crippen molar-refractivity contribution in [2.24, 2.45) is 5.92 Å². The van der Waals surface area contributed by atoms with Crippen molar-refractivity contribution in [3.63, 3.8) is 0 Å². The number of amides is 1. The van der Waals surface area contributed by atoms with Gasteiger partial charge in [-0.25, -0.2) is 0 Å². The van der Waals surface area contributed by atoms with E-state index in [9.17, 15) is 9.59 Å². The van der Waals surface area contributed by atoms with Crippen molar-refractivity contribution in [2.45, 2.75) is 51.6 Å². The number of rotatable bonds is 5. The Kier molecular flexibility index (Phi) is 4.79. The Morgan fingerprint density at radius 3 is 2.91 bits per heavy atom. The summed E-state index contributed by atoms with van der Waals surface area (Å²) in [6.07, 6.45) is 9.09. The molecule has 1 amide bonds. The van der Waals surface area contributed by atoms with Crippen molar-refractivity contribution in [2.75, 3.05) is 5.32 Å². The first-order chi connectivity index (χ1) is 11.1. The Bertz CT molecular complexity index is 636.